The Balaban J connectivity index is 2.61. The second-order valence-corrected chi connectivity index (χ2v) is 7.45. The second-order valence-electron chi connectivity index (χ2n) is 4.27. The van der Waals surface area contributed by atoms with Crippen LogP contribution < -0.4 is 0 Å². The van der Waals surface area contributed by atoms with Gasteiger partial charge in [-0.1, -0.05) is 13.3 Å². The fourth-order valence-electron chi connectivity index (χ4n) is 1.57. The maximum Gasteiger partial charge on any atom is 0.313 e. The summed E-state index contributed by atoms with van der Waals surface area (Å²) < 4.78 is 1.89. The highest BCUT2D eigenvalue weighted by molar-refractivity contribution is 8.04. The Morgan fingerprint density at radius 2 is 2.06 bits per heavy atom. The van der Waals surface area contributed by atoms with E-state index in [1.54, 1.807) is 18.3 Å². The first-order valence-electron chi connectivity index (χ1n) is 6.07. The molecule has 2 unspecified atom stereocenters. The van der Waals surface area contributed by atoms with Gasteiger partial charge in [0.15, 0.2) is 17.5 Å². The average molecular weight is 283 g/mol. The molecule has 0 saturated heterocycles. The largest absolute Gasteiger partial charge is 0.508 e. The Hall–Kier alpha value is -0.990. The van der Waals surface area contributed by atoms with E-state index in [2.05, 4.69) is 18.9 Å². The van der Waals surface area contributed by atoms with E-state index in [0.717, 1.165) is 18.4 Å². The highest BCUT2D eigenvalue weighted by atomic mass is 32.4. The van der Waals surface area contributed by atoms with E-state index in [-0.39, 0.29) is 5.75 Å². The molecule has 1 rings (SSSR count). The molecular weight excluding hydrogens is 263 g/mol. The van der Waals surface area contributed by atoms with Crippen molar-refractivity contribution in [2.45, 2.75) is 32.3 Å². The van der Waals surface area contributed by atoms with Gasteiger partial charge in [0.2, 0.25) is 0 Å². The van der Waals surface area contributed by atoms with Crippen molar-refractivity contribution in [1.82, 2.24) is 4.78 Å². The summed E-state index contributed by atoms with van der Waals surface area (Å²) in [6.07, 6.45) is 4.08. The van der Waals surface area contributed by atoms with Crippen LogP contribution >= 0.6 is 6.85 Å². The quantitative estimate of drug-likeness (QED) is 0.491. The van der Waals surface area contributed by atoms with E-state index in [4.69, 9.17) is 11.8 Å². The third-order valence-corrected chi connectivity index (χ3v) is 6.11. The molecule has 0 heterocycles. The summed E-state index contributed by atoms with van der Waals surface area (Å²) in [6.45, 7) is 3.72. The topological polar surface area (TPSA) is 35.8 Å². The van der Waals surface area contributed by atoms with Gasteiger partial charge in [-0.15, -0.1) is 9.88 Å². The van der Waals surface area contributed by atoms with Gasteiger partial charge in [-0.25, -0.2) is 0 Å². The summed E-state index contributed by atoms with van der Waals surface area (Å²) in [7, 11) is 1.93. The van der Waals surface area contributed by atoms with Gasteiger partial charge in [0.05, 0.1) is 13.3 Å². The molecule has 0 aromatic heterocycles. The molecule has 5 heteroatoms. The number of aromatic hydroxyl groups is 1. The summed E-state index contributed by atoms with van der Waals surface area (Å²) in [5, 5.41) is 13.6. The standard InChI is InChI=1S/C13H19N2OPS/c1-4-5-11(2)17(18)15(3)14-10-12-6-8-13(16)9-7-12/h6-11H,4-5H2,1-3H3/p+1. The third-order valence-electron chi connectivity index (χ3n) is 2.64. The van der Waals surface area contributed by atoms with Crippen molar-refractivity contribution in [3.8, 4) is 5.75 Å². The van der Waals surface area contributed by atoms with E-state index in [0.29, 0.717) is 5.66 Å². The van der Waals surface area contributed by atoms with Gasteiger partial charge in [0.1, 0.15) is 5.75 Å². The number of hydrazone groups is 1. The lowest BCUT2D eigenvalue weighted by atomic mass is 10.2. The number of phenols is 1. The number of benzene rings is 1. The van der Waals surface area contributed by atoms with Crippen molar-refractivity contribution in [2.24, 2.45) is 5.10 Å². The second kappa shape index (κ2) is 7.45. The first kappa shape index (κ1) is 15.1. The highest BCUT2D eigenvalue weighted by Gasteiger charge is 2.24. The minimum absolute atomic E-state index is 0.266. The maximum absolute atomic E-state index is 9.19. The highest BCUT2D eigenvalue weighted by Crippen LogP contribution is 2.34. The molecule has 0 spiro atoms. The molecule has 1 aromatic rings. The van der Waals surface area contributed by atoms with Crippen molar-refractivity contribution >= 4 is 24.9 Å². The smallest absolute Gasteiger partial charge is 0.313 e. The fraction of sp³-hybridized carbons (Fsp3) is 0.462. The molecule has 1 N–H and O–H groups in total. The molecule has 98 valence electrons. The summed E-state index contributed by atoms with van der Waals surface area (Å²) in [6, 6.07) is 6.96. The van der Waals surface area contributed by atoms with Crippen LogP contribution in [0.15, 0.2) is 29.4 Å². The average Bonchev–Trinajstić information content (AvgIpc) is 2.37. The Morgan fingerprint density at radius 1 is 1.44 bits per heavy atom. The molecule has 0 aliphatic carbocycles. The maximum atomic E-state index is 9.19. The number of rotatable bonds is 6. The molecule has 0 saturated carbocycles. The molecular formula is C13H20N2OPS+. The molecule has 0 aliphatic rings. The van der Waals surface area contributed by atoms with E-state index >= 15 is 0 Å². The predicted octanol–water partition coefficient (Wildman–Crippen LogP) is 3.71. The van der Waals surface area contributed by atoms with Gasteiger partial charge in [-0.2, -0.15) is 0 Å². The lowest BCUT2D eigenvalue weighted by Gasteiger charge is -2.07. The van der Waals surface area contributed by atoms with Gasteiger partial charge in [0.25, 0.3) is 0 Å². The van der Waals surface area contributed by atoms with Crippen molar-refractivity contribution in [3.63, 3.8) is 0 Å². The molecule has 2 atom stereocenters. The number of hydrogen-bond donors (Lipinski definition) is 1. The molecule has 0 radical (unpaired) electrons. The molecule has 0 bridgehead atoms. The Morgan fingerprint density at radius 3 is 2.61 bits per heavy atom. The zero-order valence-electron chi connectivity index (χ0n) is 11.1. The Labute approximate surface area is 115 Å². The SMILES string of the molecule is CCCC(C)[P+](=S)N(C)/N=C/c1ccc(O)cc1. The van der Waals surface area contributed by atoms with Crippen LogP contribution in [-0.4, -0.2) is 28.8 Å². The fourth-order valence-corrected chi connectivity index (χ4v) is 3.22. The van der Waals surface area contributed by atoms with Gasteiger partial charge < -0.3 is 5.11 Å². The summed E-state index contributed by atoms with van der Waals surface area (Å²) in [4.78, 5) is 0. The monoisotopic (exact) mass is 283 g/mol. The molecule has 0 aliphatic heterocycles. The Kier molecular flexibility index (Phi) is 6.23. The summed E-state index contributed by atoms with van der Waals surface area (Å²) in [5.74, 6) is 0.266. The summed E-state index contributed by atoms with van der Waals surface area (Å²) in [5.41, 5.74) is 1.48. The number of phenolic OH excluding ortho intramolecular Hbond substituents is 1. The van der Waals surface area contributed by atoms with E-state index in [1.165, 1.54) is 0 Å². The summed E-state index contributed by atoms with van der Waals surface area (Å²) >= 11 is 5.52. The van der Waals surface area contributed by atoms with Crippen LogP contribution in [0.5, 0.6) is 5.75 Å². The van der Waals surface area contributed by atoms with Crippen LogP contribution in [0.4, 0.5) is 0 Å². The van der Waals surface area contributed by atoms with Crippen LogP contribution in [0.25, 0.3) is 0 Å². The van der Waals surface area contributed by atoms with Gasteiger partial charge in [0, 0.05) is 0 Å². The third kappa shape index (κ3) is 4.71. The number of hydrogen-bond acceptors (Lipinski definition) is 3. The predicted molar refractivity (Wildman–Crippen MR) is 82.1 cm³/mol. The minimum Gasteiger partial charge on any atom is -0.508 e. The van der Waals surface area contributed by atoms with Gasteiger partial charge in [-0.3, -0.25) is 0 Å². The minimum atomic E-state index is -0.642. The van der Waals surface area contributed by atoms with E-state index in [1.807, 2.05) is 24.0 Å². The Bertz CT molecular complexity index is 420. The van der Waals surface area contributed by atoms with Gasteiger partial charge >= 0.3 is 6.85 Å². The van der Waals surface area contributed by atoms with Crippen molar-refractivity contribution in [1.29, 1.82) is 0 Å². The van der Waals surface area contributed by atoms with Crippen LogP contribution in [0.1, 0.15) is 32.3 Å². The van der Waals surface area contributed by atoms with Crippen molar-refractivity contribution in [3.05, 3.63) is 29.8 Å². The molecule has 18 heavy (non-hydrogen) atoms. The van der Waals surface area contributed by atoms with Crippen LogP contribution in [0.3, 0.4) is 0 Å². The van der Waals surface area contributed by atoms with Crippen LogP contribution in [0.2, 0.25) is 0 Å². The molecule has 3 nitrogen and oxygen atoms in total. The molecule has 0 amide bonds. The van der Waals surface area contributed by atoms with Gasteiger partial charge in [-0.05, 0) is 43.2 Å². The van der Waals surface area contributed by atoms with E-state index in [9.17, 15) is 5.11 Å². The first-order chi connectivity index (χ1) is 8.54. The van der Waals surface area contributed by atoms with E-state index < -0.39 is 6.85 Å². The lowest BCUT2D eigenvalue weighted by Crippen LogP contribution is -2.08. The zero-order chi connectivity index (χ0) is 13.5. The molecule has 1 aromatic carbocycles. The molecule has 0 fully saturated rings. The number of nitrogens with zero attached hydrogens (tertiary/aromatic N) is 2. The lowest BCUT2D eigenvalue weighted by molar-refractivity contribution is 0.475. The zero-order valence-corrected chi connectivity index (χ0v) is 12.8. The van der Waals surface area contributed by atoms with Crippen molar-refractivity contribution < 1.29 is 5.11 Å². The first-order valence-corrected chi connectivity index (χ1v) is 8.45. The van der Waals surface area contributed by atoms with Crippen LogP contribution in [0, 0.1) is 0 Å². The normalized spacial score (nSPS) is 13.6. The van der Waals surface area contributed by atoms with Crippen molar-refractivity contribution in [2.75, 3.05) is 7.05 Å². The van der Waals surface area contributed by atoms with Crippen LogP contribution in [-0.2, 0) is 11.8 Å².